The summed E-state index contributed by atoms with van der Waals surface area (Å²) in [5.41, 5.74) is -0.309. The second-order valence-electron chi connectivity index (χ2n) is 12.7. The fourth-order valence-corrected chi connectivity index (χ4v) is 7.09. The molecule has 3 aromatic rings. The number of benzene rings is 2. The van der Waals surface area contributed by atoms with Gasteiger partial charge in [0.1, 0.15) is 29.9 Å². The van der Waals surface area contributed by atoms with Gasteiger partial charge in [0.25, 0.3) is 5.91 Å². The molecule has 4 aliphatic rings. The summed E-state index contributed by atoms with van der Waals surface area (Å²) in [7, 11) is 0. The van der Waals surface area contributed by atoms with E-state index in [4.69, 9.17) is 14.2 Å². The van der Waals surface area contributed by atoms with Crippen LogP contribution in [0.2, 0.25) is 0 Å². The number of halogens is 4. The molecule has 11 nitrogen and oxygen atoms in total. The summed E-state index contributed by atoms with van der Waals surface area (Å²) in [4.78, 5) is 33.6. The maximum absolute atomic E-state index is 14.2. The summed E-state index contributed by atoms with van der Waals surface area (Å²) in [6.07, 6.45) is -1.72. The third-order valence-electron chi connectivity index (χ3n) is 9.62. The lowest BCUT2D eigenvalue weighted by Gasteiger charge is -2.46. The maximum atomic E-state index is 14.2. The van der Waals surface area contributed by atoms with Crippen LogP contribution in [0.1, 0.15) is 46.4 Å². The van der Waals surface area contributed by atoms with E-state index in [9.17, 15) is 27.2 Å². The first-order chi connectivity index (χ1) is 23.1. The lowest BCUT2D eigenvalue weighted by molar-refractivity contribution is -0.143. The number of carbonyl (C=O) groups excluding carboxylic acids is 2. The molecule has 2 aromatic carbocycles. The quantitative estimate of drug-likeness (QED) is 0.368. The number of fused-ring (bicyclic) bond motifs is 3. The highest BCUT2D eigenvalue weighted by Gasteiger charge is 2.46. The Balaban J connectivity index is 1.12. The van der Waals surface area contributed by atoms with Gasteiger partial charge in [0.05, 0.1) is 42.6 Å². The fraction of sp³-hybridized carbons (Fsp3) is 0.515. The number of rotatable bonds is 6. The van der Waals surface area contributed by atoms with Crippen LogP contribution < -0.4 is 4.74 Å². The molecule has 0 spiro atoms. The molecule has 0 saturated carbocycles. The minimum absolute atomic E-state index is 0.00913. The molecule has 2 amide bonds. The molecule has 0 aliphatic carbocycles. The van der Waals surface area contributed by atoms with Crippen molar-refractivity contribution in [2.24, 2.45) is 0 Å². The van der Waals surface area contributed by atoms with Crippen LogP contribution in [0, 0.1) is 5.82 Å². The zero-order valence-corrected chi connectivity index (χ0v) is 26.1. The van der Waals surface area contributed by atoms with Gasteiger partial charge in [0.2, 0.25) is 5.91 Å². The Labute approximate surface area is 274 Å². The molecular formula is C33H36F4N6O5. The molecule has 1 aromatic heterocycles. The van der Waals surface area contributed by atoms with Gasteiger partial charge in [0.15, 0.2) is 0 Å². The first kappa shape index (κ1) is 32.5. The predicted molar refractivity (Wildman–Crippen MR) is 161 cm³/mol. The molecule has 48 heavy (non-hydrogen) atoms. The highest BCUT2D eigenvalue weighted by atomic mass is 19.4. The molecule has 0 radical (unpaired) electrons. The number of hydrogen-bond donors (Lipinski definition) is 0. The lowest BCUT2D eigenvalue weighted by atomic mass is 10.0. The van der Waals surface area contributed by atoms with Crippen molar-refractivity contribution < 1.29 is 41.4 Å². The van der Waals surface area contributed by atoms with Gasteiger partial charge in [-0.15, -0.1) is 5.10 Å². The van der Waals surface area contributed by atoms with Crippen LogP contribution in [0.15, 0.2) is 48.7 Å². The van der Waals surface area contributed by atoms with Gasteiger partial charge in [-0.2, -0.15) is 13.2 Å². The highest BCUT2D eigenvalue weighted by molar-refractivity contribution is 6.00. The monoisotopic (exact) mass is 672 g/mol. The molecular weight excluding hydrogens is 636 g/mol. The first-order valence-electron chi connectivity index (χ1n) is 16.2. The van der Waals surface area contributed by atoms with Crippen LogP contribution in [-0.2, 0) is 33.6 Å². The van der Waals surface area contributed by atoms with E-state index in [1.165, 1.54) is 21.7 Å². The number of aromatic nitrogens is 3. The van der Waals surface area contributed by atoms with Crippen molar-refractivity contribution in [3.05, 3.63) is 76.9 Å². The Morgan fingerprint density at radius 3 is 2.58 bits per heavy atom. The number of amides is 2. The topological polar surface area (TPSA) is 102 Å². The fourth-order valence-electron chi connectivity index (χ4n) is 7.09. The first-order valence-corrected chi connectivity index (χ1v) is 16.2. The molecule has 3 atom stereocenters. The Morgan fingerprint density at radius 2 is 1.79 bits per heavy atom. The van der Waals surface area contributed by atoms with E-state index in [0.29, 0.717) is 50.1 Å². The number of hydrogen-bond acceptors (Lipinski definition) is 8. The molecule has 3 saturated heterocycles. The summed E-state index contributed by atoms with van der Waals surface area (Å²) in [5.74, 6) is -1.32. The van der Waals surface area contributed by atoms with Crippen LogP contribution >= 0.6 is 0 Å². The summed E-state index contributed by atoms with van der Waals surface area (Å²) in [5, 5.41) is 8.17. The van der Waals surface area contributed by atoms with E-state index in [0.717, 1.165) is 25.0 Å². The smallest absolute Gasteiger partial charge is 0.416 e. The van der Waals surface area contributed by atoms with Crippen LogP contribution in [0.5, 0.6) is 5.75 Å². The normalized spacial score (nSPS) is 24.2. The SMILES string of the molecule is O=C1[C@@H]2C[C@@H](OCc3cn(Cc4ccccc4F)nn3)CN2C(=O)c2cc(C(F)(F)F)ccc2OC[C@@H]2CN(C3CCOCC3)CCN12. The molecule has 5 heterocycles. The van der Waals surface area contributed by atoms with Gasteiger partial charge in [-0.05, 0) is 37.1 Å². The van der Waals surface area contributed by atoms with Crippen molar-refractivity contribution in [3.8, 4) is 5.75 Å². The zero-order valence-electron chi connectivity index (χ0n) is 26.1. The molecule has 0 N–H and O–H groups in total. The number of piperazine rings is 1. The Bertz CT molecular complexity index is 1650. The molecule has 7 rings (SSSR count). The van der Waals surface area contributed by atoms with Gasteiger partial charge in [0, 0.05) is 57.4 Å². The van der Waals surface area contributed by atoms with Gasteiger partial charge >= 0.3 is 6.18 Å². The average molecular weight is 673 g/mol. The van der Waals surface area contributed by atoms with E-state index in [1.807, 2.05) is 0 Å². The van der Waals surface area contributed by atoms with E-state index in [1.54, 1.807) is 29.3 Å². The summed E-state index contributed by atoms with van der Waals surface area (Å²) >= 11 is 0. The van der Waals surface area contributed by atoms with Crippen molar-refractivity contribution >= 4 is 11.8 Å². The third kappa shape index (κ3) is 6.76. The van der Waals surface area contributed by atoms with Crippen molar-refractivity contribution in [1.29, 1.82) is 0 Å². The minimum atomic E-state index is -4.68. The second kappa shape index (κ2) is 13.4. The minimum Gasteiger partial charge on any atom is -0.491 e. The number of alkyl halides is 3. The number of nitrogens with zero attached hydrogens (tertiary/aromatic N) is 6. The summed E-state index contributed by atoms with van der Waals surface area (Å²) in [6, 6.07) is 8.25. The number of ether oxygens (including phenoxy) is 3. The molecule has 256 valence electrons. The largest absolute Gasteiger partial charge is 0.491 e. The van der Waals surface area contributed by atoms with E-state index in [2.05, 4.69) is 15.2 Å². The Morgan fingerprint density at radius 1 is 0.979 bits per heavy atom. The van der Waals surface area contributed by atoms with Crippen LogP contribution in [0.25, 0.3) is 0 Å². The highest BCUT2D eigenvalue weighted by Crippen LogP contribution is 2.36. The van der Waals surface area contributed by atoms with Crippen LogP contribution in [0.4, 0.5) is 17.6 Å². The lowest BCUT2D eigenvalue weighted by Crippen LogP contribution is -2.62. The van der Waals surface area contributed by atoms with Crippen molar-refractivity contribution in [2.45, 2.75) is 62.8 Å². The molecule has 15 heteroatoms. The molecule has 3 fully saturated rings. The van der Waals surface area contributed by atoms with Gasteiger partial charge < -0.3 is 24.0 Å². The van der Waals surface area contributed by atoms with Gasteiger partial charge in [-0.3, -0.25) is 14.5 Å². The van der Waals surface area contributed by atoms with Gasteiger partial charge in [-0.1, -0.05) is 23.4 Å². The van der Waals surface area contributed by atoms with Gasteiger partial charge in [-0.25, -0.2) is 9.07 Å². The average Bonchev–Trinajstić information content (AvgIpc) is 3.73. The van der Waals surface area contributed by atoms with Crippen LogP contribution in [-0.4, -0.2) is 112 Å². The van der Waals surface area contributed by atoms with E-state index >= 15 is 0 Å². The van der Waals surface area contributed by atoms with Crippen molar-refractivity contribution in [3.63, 3.8) is 0 Å². The summed E-state index contributed by atoms with van der Waals surface area (Å²) in [6.45, 7) is 3.16. The van der Waals surface area contributed by atoms with Crippen LogP contribution in [0.3, 0.4) is 0 Å². The standard InChI is InChI=1S/C33H36F4N6O5/c34-28-4-2-1-3-21(28)15-41-16-23(38-39-41)19-47-26-14-29-32(45)42-10-9-40(24-7-11-46-12-8-24)17-25(42)20-48-30-6-5-22(33(35,36)37)13-27(30)31(44)43(29)18-26/h1-6,13,16,24-26,29H,7-12,14-15,17-20H2/t25-,26+,29-/m0/s1. The Kier molecular flexibility index (Phi) is 9.09. The zero-order chi connectivity index (χ0) is 33.4. The summed E-state index contributed by atoms with van der Waals surface area (Å²) < 4.78 is 74.6. The second-order valence-corrected chi connectivity index (χ2v) is 12.7. The Hall–Kier alpha value is -4.08. The van der Waals surface area contributed by atoms with E-state index < -0.39 is 29.8 Å². The van der Waals surface area contributed by atoms with Crippen molar-refractivity contribution in [1.82, 2.24) is 29.7 Å². The van der Waals surface area contributed by atoms with Crippen molar-refractivity contribution in [2.75, 3.05) is 46.0 Å². The molecule has 0 unspecified atom stereocenters. The maximum Gasteiger partial charge on any atom is 0.416 e. The number of carbonyl (C=O) groups is 2. The molecule has 4 aliphatic heterocycles. The van der Waals surface area contributed by atoms with E-state index in [-0.39, 0.29) is 61.8 Å². The molecule has 0 bridgehead atoms. The predicted octanol–water partition coefficient (Wildman–Crippen LogP) is 3.37. The third-order valence-corrected chi connectivity index (χ3v) is 9.62.